The maximum atomic E-state index is 13.8. The Morgan fingerprint density at radius 3 is 3.09 bits per heavy atom. The number of thiophene rings is 1. The summed E-state index contributed by atoms with van der Waals surface area (Å²) in [7, 11) is 2.08. The van der Waals surface area contributed by atoms with Crippen LogP contribution in [-0.4, -0.2) is 59.0 Å². The lowest BCUT2D eigenvalue weighted by Crippen LogP contribution is -2.33. The fourth-order valence-electron chi connectivity index (χ4n) is 4.31. The van der Waals surface area contributed by atoms with Crippen molar-refractivity contribution in [1.82, 2.24) is 19.8 Å². The van der Waals surface area contributed by atoms with Crippen molar-refractivity contribution in [2.45, 2.75) is 37.1 Å². The van der Waals surface area contributed by atoms with E-state index >= 15 is 0 Å². The molecule has 0 saturated carbocycles. The number of likely N-dealkylation sites (N-methyl/N-ethyl adjacent to an activating group) is 1. The number of hydrogen-bond acceptors (Lipinski definition) is 7. The van der Waals surface area contributed by atoms with E-state index in [0.717, 1.165) is 49.4 Å². The zero-order valence-corrected chi connectivity index (χ0v) is 20.7. The Morgan fingerprint density at radius 1 is 1.42 bits per heavy atom. The van der Waals surface area contributed by atoms with Gasteiger partial charge < -0.3 is 15.0 Å². The van der Waals surface area contributed by atoms with Crippen LogP contribution in [0, 0.1) is 0 Å². The number of rotatable bonds is 6. The average molecular weight is 505 g/mol. The van der Waals surface area contributed by atoms with Gasteiger partial charge in [-0.15, -0.1) is 11.3 Å². The maximum Gasteiger partial charge on any atom is 0.267 e. The number of ether oxygens (including phenoxy) is 1. The maximum absolute atomic E-state index is 13.8. The van der Waals surface area contributed by atoms with Gasteiger partial charge in [-0.1, -0.05) is 29.4 Å². The van der Waals surface area contributed by atoms with E-state index < -0.39 is 0 Å². The summed E-state index contributed by atoms with van der Waals surface area (Å²) in [6, 6.07) is 7.18. The Kier molecular flexibility index (Phi) is 6.76. The van der Waals surface area contributed by atoms with E-state index in [1.807, 2.05) is 12.1 Å². The molecule has 1 N–H and O–H groups in total. The topological polar surface area (TPSA) is 76.5 Å². The first-order valence-electron chi connectivity index (χ1n) is 11.0. The van der Waals surface area contributed by atoms with E-state index in [0.29, 0.717) is 27.8 Å². The molecule has 10 heteroatoms. The summed E-state index contributed by atoms with van der Waals surface area (Å²) in [6.45, 7) is 3.00. The fraction of sp³-hybridized carbons (Fsp3) is 0.435. The van der Waals surface area contributed by atoms with Crippen molar-refractivity contribution >= 4 is 50.8 Å². The van der Waals surface area contributed by atoms with Crippen LogP contribution in [0.1, 0.15) is 23.3 Å². The second-order valence-electron chi connectivity index (χ2n) is 8.41. The highest BCUT2D eigenvalue weighted by atomic mass is 35.5. The molecular formula is C23H25ClN4O3S2. The Morgan fingerprint density at radius 2 is 2.30 bits per heavy atom. The average Bonchev–Trinajstić information content (AvgIpc) is 3.43. The molecule has 7 nitrogen and oxygen atoms in total. The summed E-state index contributed by atoms with van der Waals surface area (Å²) in [5.41, 5.74) is 1.65. The predicted octanol–water partition coefficient (Wildman–Crippen LogP) is 3.48. The molecule has 1 saturated heterocycles. The van der Waals surface area contributed by atoms with Crippen molar-refractivity contribution in [1.29, 1.82) is 0 Å². The number of benzene rings is 1. The van der Waals surface area contributed by atoms with Crippen LogP contribution in [-0.2, 0) is 22.5 Å². The molecule has 1 atom stereocenters. The predicted molar refractivity (Wildman–Crippen MR) is 133 cm³/mol. The summed E-state index contributed by atoms with van der Waals surface area (Å²) < 4.78 is 7.17. The lowest BCUT2D eigenvalue weighted by Gasteiger charge is -2.21. The lowest BCUT2D eigenvalue weighted by atomic mass is 10.1. The van der Waals surface area contributed by atoms with Crippen molar-refractivity contribution in [2.24, 2.45) is 0 Å². The number of amides is 1. The molecule has 33 heavy (non-hydrogen) atoms. The molecule has 0 spiro atoms. The number of halogens is 1. The van der Waals surface area contributed by atoms with E-state index in [2.05, 4.69) is 17.3 Å². The number of carbonyl (C=O) groups is 1. The van der Waals surface area contributed by atoms with Gasteiger partial charge in [0, 0.05) is 36.1 Å². The van der Waals surface area contributed by atoms with Crippen LogP contribution in [0.5, 0.6) is 0 Å². The van der Waals surface area contributed by atoms with Crippen molar-refractivity contribution in [2.75, 3.05) is 32.5 Å². The van der Waals surface area contributed by atoms with E-state index in [-0.39, 0.29) is 23.3 Å². The summed E-state index contributed by atoms with van der Waals surface area (Å²) >= 11 is 9.08. The molecule has 4 heterocycles. The largest absolute Gasteiger partial charge is 0.376 e. The summed E-state index contributed by atoms with van der Waals surface area (Å²) in [5.74, 6) is 0.0635. The van der Waals surface area contributed by atoms with Crippen LogP contribution in [0.4, 0.5) is 0 Å². The third-order valence-electron chi connectivity index (χ3n) is 5.98. The Hall–Kier alpha value is -1.91. The number of thioether (sulfide) groups is 1. The van der Waals surface area contributed by atoms with E-state index in [4.69, 9.17) is 21.3 Å². The van der Waals surface area contributed by atoms with Crippen molar-refractivity contribution in [3.63, 3.8) is 0 Å². The molecule has 2 aliphatic rings. The lowest BCUT2D eigenvalue weighted by molar-refractivity contribution is -0.119. The number of carbonyl (C=O) groups excluding carboxylic acids is 1. The minimum atomic E-state index is -0.105. The van der Waals surface area contributed by atoms with Crippen molar-refractivity contribution in [3.05, 3.63) is 50.1 Å². The Balaban J connectivity index is 1.49. The molecule has 1 aromatic carbocycles. The zero-order valence-electron chi connectivity index (χ0n) is 18.3. The minimum absolute atomic E-state index is 0.0913. The molecule has 0 bridgehead atoms. The van der Waals surface area contributed by atoms with Crippen LogP contribution in [0.3, 0.4) is 0 Å². The number of hydrogen-bond donors (Lipinski definition) is 1. The third kappa shape index (κ3) is 4.83. The quantitative estimate of drug-likeness (QED) is 0.409. The third-order valence-corrected chi connectivity index (χ3v) is 8.27. The van der Waals surface area contributed by atoms with Crippen LogP contribution in [0.2, 0.25) is 5.02 Å². The van der Waals surface area contributed by atoms with E-state index in [1.165, 1.54) is 16.6 Å². The molecule has 2 aromatic heterocycles. The van der Waals surface area contributed by atoms with Crippen LogP contribution < -0.4 is 10.9 Å². The number of nitrogens with one attached hydrogen (secondary N) is 1. The molecule has 2 aliphatic heterocycles. The van der Waals surface area contributed by atoms with Gasteiger partial charge in [0.1, 0.15) is 4.83 Å². The summed E-state index contributed by atoms with van der Waals surface area (Å²) in [5, 5.41) is 4.66. The number of nitrogens with zero attached hydrogens (tertiary/aromatic N) is 3. The fourth-order valence-corrected chi connectivity index (χ4v) is 6.67. The van der Waals surface area contributed by atoms with Crippen molar-refractivity contribution in [3.8, 4) is 5.69 Å². The normalized spacial score (nSPS) is 18.5. The van der Waals surface area contributed by atoms with Gasteiger partial charge in [0.2, 0.25) is 5.91 Å². The van der Waals surface area contributed by atoms with E-state index in [9.17, 15) is 9.59 Å². The number of fused-ring (bicyclic) bond motifs is 3. The van der Waals surface area contributed by atoms with Gasteiger partial charge in [-0.25, -0.2) is 4.98 Å². The van der Waals surface area contributed by atoms with Gasteiger partial charge in [0.15, 0.2) is 5.16 Å². The van der Waals surface area contributed by atoms with Gasteiger partial charge in [-0.3, -0.25) is 14.2 Å². The Labute approximate surface area is 205 Å². The van der Waals surface area contributed by atoms with Crippen LogP contribution in [0.25, 0.3) is 15.9 Å². The molecule has 0 aliphatic carbocycles. The molecule has 1 unspecified atom stereocenters. The molecule has 5 rings (SSSR count). The molecule has 3 aromatic rings. The summed E-state index contributed by atoms with van der Waals surface area (Å²) in [4.78, 5) is 35.3. The highest BCUT2D eigenvalue weighted by Crippen LogP contribution is 2.34. The smallest absolute Gasteiger partial charge is 0.267 e. The van der Waals surface area contributed by atoms with Gasteiger partial charge in [-0.2, -0.15) is 0 Å². The van der Waals surface area contributed by atoms with Gasteiger partial charge >= 0.3 is 0 Å². The second kappa shape index (κ2) is 9.76. The second-order valence-corrected chi connectivity index (χ2v) is 10.9. The first kappa shape index (κ1) is 22.9. The summed E-state index contributed by atoms with van der Waals surface area (Å²) in [6.07, 6.45) is 2.92. The van der Waals surface area contributed by atoms with Gasteiger partial charge in [0.05, 0.1) is 22.9 Å². The van der Waals surface area contributed by atoms with Crippen LogP contribution in [0.15, 0.2) is 34.2 Å². The zero-order chi connectivity index (χ0) is 22.9. The molecule has 1 amide bonds. The molecule has 0 radical (unpaired) electrons. The number of aromatic nitrogens is 2. The minimum Gasteiger partial charge on any atom is -0.376 e. The standard InChI is InChI=1S/C23H25ClN4O3S2/c1-27-8-7-17-18(12-27)33-21-20(17)22(30)28(15-5-2-4-14(24)10-15)23(26-21)32-13-19(29)25-11-16-6-3-9-31-16/h2,4-5,10,16H,3,6-9,11-13H2,1H3,(H,25,29). The molecular weight excluding hydrogens is 480 g/mol. The van der Waals surface area contributed by atoms with Gasteiger partial charge in [0.25, 0.3) is 5.56 Å². The Bertz CT molecular complexity index is 1250. The first-order valence-corrected chi connectivity index (χ1v) is 13.2. The van der Waals surface area contributed by atoms with Crippen LogP contribution >= 0.6 is 34.7 Å². The highest BCUT2D eigenvalue weighted by molar-refractivity contribution is 7.99. The monoisotopic (exact) mass is 504 g/mol. The highest BCUT2D eigenvalue weighted by Gasteiger charge is 2.25. The molecule has 1 fully saturated rings. The first-order chi connectivity index (χ1) is 16.0. The van der Waals surface area contributed by atoms with Gasteiger partial charge in [-0.05, 0) is 50.1 Å². The van der Waals surface area contributed by atoms with E-state index in [1.54, 1.807) is 28.0 Å². The van der Waals surface area contributed by atoms with Crippen molar-refractivity contribution < 1.29 is 9.53 Å². The SMILES string of the molecule is CN1CCc2c(sc3nc(SCC(=O)NCC4CCCO4)n(-c4cccc(Cl)c4)c(=O)c23)C1. The molecule has 174 valence electrons.